The number of nitrogens with one attached hydrogen (secondary N) is 1. The van der Waals surface area contributed by atoms with Crippen LogP contribution in [0.4, 0.5) is 0 Å². The van der Waals surface area contributed by atoms with E-state index < -0.39 is 5.54 Å². The number of hydrogen-bond acceptors (Lipinski definition) is 4. The minimum atomic E-state index is -0.524. The Morgan fingerprint density at radius 2 is 1.77 bits per heavy atom. The Kier molecular flexibility index (Phi) is 8.20. The molecule has 2 unspecified atom stereocenters. The summed E-state index contributed by atoms with van der Waals surface area (Å²) in [5.74, 6) is 0.228. The highest BCUT2D eigenvalue weighted by Crippen LogP contribution is 2.31. The van der Waals surface area contributed by atoms with Gasteiger partial charge in [0, 0.05) is 18.7 Å². The highest BCUT2D eigenvalue weighted by molar-refractivity contribution is 6.03. The average Bonchev–Trinajstić information content (AvgIpc) is 2.81. The fourth-order valence-electron chi connectivity index (χ4n) is 4.77. The van der Waals surface area contributed by atoms with Crippen LogP contribution in [0.2, 0.25) is 0 Å². The number of hydrogen-bond donors (Lipinski definition) is 1. The molecule has 0 amide bonds. The molecule has 4 heteroatoms. The fraction of sp³-hybridized carbons (Fsp3) is 0.500. The number of nitrogens with zero attached hydrogens (tertiary/aromatic N) is 1. The predicted molar refractivity (Wildman–Crippen MR) is 123 cm³/mol. The maximum Gasteiger partial charge on any atom is 0.183 e. The van der Waals surface area contributed by atoms with Gasteiger partial charge in [-0.15, -0.1) is 0 Å². The van der Waals surface area contributed by atoms with Crippen molar-refractivity contribution < 1.29 is 9.53 Å². The lowest BCUT2D eigenvalue weighted by molar-refractivity contribution is 0.0276. The number of rotatable bonds is 10. The van der Waals surface area contributed by atoms with Gasteiger partial charge in [0.2, 0.25) is 0 Å². The first kappa shape index (κ1) is 22.7. The van der Waals surface area contributed by atoms with E-state index in [1.54, 1.807) is 0 Å². The number of Topliss-reactive ketones (excluding diaryl/α,β-unsaturated/α-hetero) is 1. The van der Waals surface area contributed by atoms with Crippen LogP contribution in [-0.2, 0) is 11.2 Å². The van der Waals surface area contributed by atoms with Gasteiger partial charge in [0.15, 0.2) is 5.78 Å². The summed E-state index contributed by atoms with van der Waals surface area (Å²) < 4.78 is 5.87. The predicted octanol–water partition coefficient (Wildman–Crippen LogP) is 4.65. The molecule has 3 rings (SSSR count). The van der Waals surface area contributed by atoms with Gasteiger partial charge in [-0.2, -0.15) is 0 Å². The lowest BCUT2D eigenvalue weighted by Gasteiger charge is -2.42. The summed E-state index contributed by atoms with van der Waals surface area (Å²) in [5, 5.41) is 3.37. The molecule has 1 aliphatic heterocycles. The number of likely N-dealkylation sites (N-methyl/N-ethyl adjacent to an activating group) is 1. The summed E-state index contributed by atoms with van der Waals surface area (Å²) >= 11 is 0. The van der Waals surface area contributed by atoms with Crippen molar-refractivity contribution in [2.24, 2.45) is 0 Å². The van der Waals surface area contributed by atoms with E-state index in [2.05, 4.69) is 67.4 Å². The second kappa shape index (κ2) is 10.9. The van der Waals surface area contributed by atoms with Crippen LogP contribution in [0.1, 0.15) is 61.2 Å². The molecule has 1 aliphatic rings. The van der Waals surface area contributed by atoms with Crippen molar-refractivity contribution in [3.63, 3.8) is 0 Å². The Bertz CT molecular complexity index is 780. The van der Waals surface area contributed by atoms with Crippen molar-refractivity contribution in [1.82, 2.24) is 10.2 Å². The van der Waals surface area contributed by atoms with Crippen LogP contribution >= 0.6 is 0 Å². The van der Waals surface area contributed by atoms with E-state index >= 15 is 0 Å². The maximum absolute atomic E-state index is 14.0. The Hall–Kier alpha value is -2.01. The number of benzene rings is 2. The molecule has 0 bridgehead atoms. The molecule has 0 radical (unpaired) electrons. The van der Waals surface area contributed by atoms with Gasteiger partial charge in [0.25, 0.3) is 0 Å². The van der Waals surface area contributed by atoms with Crippen molar-refractivity contribution in [3.05, 3.63) is 71.3 Å². The number of ketones is 1. The summed E-state index contributed by atoms with van der Waals surface area (Å²) in [5.41, 5.74) is 2.61. The summed E-state index contributed by atoms with van der Waals surface area (Å²) in [6, 6.07) is 18.5. The maximum atomic E-state index is 14.0. The van der Waals surface area contributed by atoms with E-state index in [-0.39, 0.29) is 11.9 Å². The normalized spacial score (nSPS) is 18.9. The molecule has 0 aliphatic carbocycles. The molecular weight excluding hydrogens is 372 g/mol. The number of ether oxygens (including phenoxy) is 1. The Morgan fingerprint density at radius 1 is 1.07 bits per heavy atom. The molecule has 1 N–H and O–H groups in total. The van der Waals surface area contributed by atoms with E-state index in [0.29, 0.717) is 0 Å². The Morgan fingerprint density at radius 3 is 2.33 bits per heavy atom. The van der Waals surface area contributed by atoms with Gasteiger partial charge in [-0.1, -0.05) is 81.8 Å². The Balaban J connectivity index is 1.93. The smallest absolute Gasteiger partial charge is 0.183 e. The highest BCUT2D eigenvalue weighted by atomic mass is 16.5. The third-order valence-electron chi connectivity index (χ3n) is 6.27. The van der Waals surface area contributed by atoms with Gasteiger partial charge in [-0.25, -0.2) is 0 Å². The monoisotopic (exact) mass is 408 g/mol. The van der Waals surface area contributed by atoms with Gasteiger partial charge in [0.1, 0.15) is 0 Å². The summed E-state index contributed by atoms with van der Waals surface area (Å²) in [4.78, 5) is 16.4. The first-order valence-electron chi connectivity index (χ1n) is 11.4. The van der Waals surface area contributed by atoms with E-state index in [9.17, 15) is 4.79 Å². The number of carbonyl (C=O) groups is 1. The van der Waals surface area contributed by atoms with Crippen LogP contribution in [0.15, 0.2) is 54.6 Å². The van der Waals surface area contributed by atoms with Gasteiger partial charge < -0.3 is 10.1 Å². The molecule has 1 fully saturated rings. The molecule has 0 spiro atoms. The van der Waals surface area contributed by atoms with E-state index in [1.165, 1.54) is 5.56 Å². The minimum Gasteiger partial charge on any atom is -0.371 e. The average molecular weight is 409 g/mol. The first-order chi connectivity index (χ1) is 14.6. The third-order valence-corrected chi connectivity index (χ3v) is 6.27. The zero-order valence-corrected chi connectivity index (χ0v) is 18.7. The van der Waals surface area contributed by atoms with E-state index in [4.69, 9.17) is 4.74 Å². The van der Waals surface area contributed by atoms with E-state index in [0.717, 1.165) is 63.2 Å². The summed E-state index contributed by atoms with van der Waals surface area (Å²) in [6.07, 6.45) is 2.61. The standard InChI is InChI=1S/C26H36N2O2/c1-4-16-26(28(5-2)6-3,19-21-10-8-7-9-11-21)25(29)23-14-12-22(13-15-23)24-20-27-17-18-30-24/h7-15,24,27H,4-6,16-20H2,1-3H3. The molecular formula is C26H36N2O2. The number of carbonyl (C=O) groups excluding carboxylic acids is 1. The van der Waals surface area contributed by atoms with Crippen molar-refractivity contribution in [2.45, 2.75) is 51.7 Å². The fourth-order valence-corrected chi connectivity index (χ4v) is 4.77. The van der Waals surface area contributed by atoms with Crippen molar-refractivity contribution in [1.29, 1.82) is 0 Å². The van der Waals surface area contributed by atoms with Crippen molar-refractivity contribution in [3.8, 4) is 0 Å². The van der Waals surface area contributed by atoms with Crippen molar-refractivity contribution >= 4 is 5.78 Å². The quantitative estimate of drug-likeness (QED) is 0.581. The molecule has 0 saturated carbocycles. The van der Waals surface area contributed by atoms with Gasteiger partial charge in [-0.3, -0.25) is 9.69 Å². The zero-order valence-electron chi connectivity index (χ0n) is 18.7. The molecule has 162 valence electrons. The largest absolute Gasteiger partial charge is 0.371 e. The van der Waals surface area contributed by atoms with Crippen LogP contribution in [0.25, 0.3) is 0 Å². The SMILES string of the molecule is CCCC(Cc1ccccc1)(C(=O)c1ccc(C2CNCCO2)cc1)N(CC)CC. The first-order valence-corrected chi connectivity index (χ1v) is 11.4. The molecule has 2 aromatic rings. The molecule has 1 heterocycles. The lowest BCUT2D eigenvalue weighted by Crippen LogP contribution is -2.56. The minimum absolute atomic E-state index is 0.0652. The van der Waals surface area contributed by atoms with Crippen LogP contribution in [0, 0.1) is 0 Å². The molecule has 2 atom stereocenters. The summed E-state index contributed by atoms with van der Waals surface area (Å²) in [7, 11) is 0. The van der Waals surface area contributed by atoms with Gasteiger partial charge in [-0.05, 0) is 37.1 Å². The van der Waals surface area contributed by atoms with E-state index in [1.807, 2.05) is 18.2 Å². The summed E-state index contributed by atoms with van der Waals surface area (Å²) in [6.45, 7) is 10.6. The van der Waals surface area contributed by atoms with Gasteiger partial charge >= 0.3 is 0 Å². The zero-order chi connectivity index (χ0) is 21.4. The number of morpholine rings is 1. The second-order valence-electron chi connectivity index (χ2n) is 8.13. The van der Waals surface area contributed by atoms with Crippen LogP contribution < -0.4 is 5.32 Å². The highest BCUT2D eigenvalue weighted by Gasteiger charge is 2.42. The molecule has 1 saturated heterocycles. The molecule has 2 aromatic carbocycles. The topological polar surface area (TPSA) is 41.6 Å². The van der Waals surface area contributed by atoms with Crippen LogP contribution in [-0.4, -0.2) is 49.0 Å². The Labute approximate surface area is 181 Å². The molecule has 4 nitrogen and oxygen atoms in total. The molecule has 0 aromatic heterocycles. The third kappa shape index (κ3) is 5.00. The van der Waals surface area contributed by atoms with Crippen LogP contribution in [0.5, 0.6) is 0 Å². The van der Waals surface area contributed by atoms with Crippen molar-refractivity contribution in [2.75, 3.05) is 32.8 Å². The van der Waals surface area contributed by atoms with Crippen LogP contribution in [0.3, 0.4) is 0 Å². The second-order valence-corrected chi connectivity index (χ2v) is 8.13. The van der Waals surface area contributed by atoms with Gasteiger partial charge in [0.05, 0.1) is 18.2 Å². The molecule has 30 heavy (non-hydrogen) atoms. The lowest BCUT2D eigenvalue weighted by atomic mass is 9.78.